The average molecular weight is 236 g/mol. The van der Waals surface area contributed by atoms with Crippen LogP contribution in [0.3, 0.4) is 0 Å². The Bertz CT molecular complexity index is 421. The highest BCUT2D eigenvalue weighted by Crippen LogP contribution is 2.19. The van der Waals surface area contributed by atoms with Crippen LogP contribution < -0.4 is 5.32 Å². The molecule has 0 aliphatic heterocycles. The van der Waals surface area contributed by atoms with Crippen LogP contribution in [0.25, 0.3) is 0 Å². The summed E-state index contributed by atoms with van der Waals surface area (Å²) in [5.74, 6) is 0. The van der Waals surface area contributed by atoms with Gasteiger partial charge in [-0.3, -0.25) is 4.68 Å². The minimum atomic E-state index is 0.347. The summed E-state index contributed by atoms with van der Waals surface area (Å²) in [7, 11) is 1.93. The summed E-state index contributed by atoms with van der Waals surface area (Å²) in [6, 6.07) is 0.347. The third kappa shape index (κ3) is 2.68. The van der Waals surface area contributed by atoms with E-state index in [-0.39, 0.29) is 0 Å². The summed E-state index contributed by atoms with van der Waals surface area (Å²) in [5, 5.41) is 10.8. The van der Waals surface area contributed by atoms with Gasteiger partial charge in [0.1, 0.15) is 5.01 Å². The largest absolute Gasteiger partial charge is 0.304 e. The number of aromatic nitrogens is 3. The molecule has 5 heteroatoms. The lowest BCUT2D eigenvalue weighted by Crippen LogP contribution is -2.19. The van der Waals surface area contributed by atoms with Gasteiger partial charge in [-0.25, -0.2) is 4.98 Å². The quantitative estimate of drug-likeness (QED) is 0.864. The van der Waals surface area contributed by atoms with Gasteiger partial charge in [0.15, 0.2) is 0 Å². The molecule has 0 fully saturated rings. The van der Waals surface area contributed by atoms with E-state index in [9.17, 15) is 0 Å². The third-order valence-electron chi connectivity index (χ3n) is 2.47. The van der Waals surface area contributed by atoms with Crippen molar-refractivity contribution >= 4 is 11.3 Å². The van der Waals surface area contributed by atoms with E-state index in [2.05, 4.69) is 22.3 Å². The van der Waals surface area contributed by atoms with Gasteiger partial charge >= 0.3 is 0 Å². The summed E-state index contributed by atoms with van der Waals surface area (Å²) >= 11 is 1.70. The fraction of sp³-hybridized carbons (Fsp3) is 0.455. The minimum absolute atomic E-state index is 0.347. The average Bonchev–Trinajstić information content (AvgIpc) is 2.91. The molecule has 0 amide bonds. The molecule has 0 saturated heterocycles. The molecular formula is C11H16N4S. The van der Waals surface area contributed by atoms with Crippen molar-refractivity contribution in [3.63, 3.8) is 0 Å². The van der Waals surface area contributed by atoms with Crippen molar-refractivity contribution in [1.29, 1.82) is 0 Å². The van der Waals surface area contributed by atoms with E-state index in [0.717, 1.165) is 18.0 Å². The first-order valence-corrected chi connectivity index (χ1v) is 6.28. The Hall–Kier alpha value is -1.20. The maximum Gasteiger partial charge on any atom is 0.109 e. The Morgan fingerprint density at radius 1 is 1.56 bits per heavy atom. The van der Waals surface area contributed by atoms with Crippen molar-refractivity contribution in [2.75, 3.05) is 0 Å². The second-order valence-electron chi connectivity index (χ2n) is 3.73. The molecule has 2 aromatic heterocycles. The SMILES string of the molecule is CCC(NCc1cnn(C)c1)c1nccs1. The smallest absolute Gasteiger partial charge is 0.109 e. The van der Waals surface area contributed by atoms with Gasteiger partial charge in [0.05, 0.1) is 12.2 Å². The van der Waals surface area contributed by atoms with Gasteiger partial charge in [-0.15, -0.1) is 11.3 Å². The van der Waals surface area contributed by atoms with Crippen molar-refractivity contribution < 1.29 is 0 Å². The van der Waals surface area contributed by atoms with Gasteiger partial charge in [0, 0.05) is 36.9 Å². The fourth-order valence-electron chi connectivity index (χ4n) is 1.62. The molecule has 0 saturated carbocycles. The van der Waals surface area contributed by atoms with E-state index in [4.69, 9.17) is 0 Å². The number of hydrogen-bond acceptors (Lipinski definition) is 4. The lowest BCUT2D eigenvalue weighted by Gasteiger charge is -2.13. The molecule has 1 unspecified atom stereocenters. The molecule has 0 aliphatic carbocycles. The number of thiazole rings is 1. The molecule has 1 atom stereocenters. The van der Waals surface area contributed by atoms with Gasteiger partial charge in [-0.05, 0) is 6.42 Å². The van der Waals surface area contributed by atoms with E-state index < -0.39 is 0 Å². The van der Waals surface area contributed by atoms with E-state index >= 15 is 0 Å². The summed E-state index contributed by atoms with van der Waals surface area (Å²) < 4.78 is 1.82. The highest BCUT2D eigenvalue weighted by molar-refractivity contribution is 7.09. The number of rotatable bonds is 5. The summed E-state index contributed by atoms with van der Waals surface area (Å²) in [6.45, 7) is 3.01. The van der Waals surface area contributed by atoms with Crippen molar-refractivity contribution in [1.82, 2.24) is 20.1 Å². The topological polar surface area (TPSA) is 42.7 Å². The zero-order valence-corrected chi connectivity index (χ0v) is 10.4. The molecule has 1 N–H and O–H groups in total. The van der Waals surface area contributed by atoms with Crippen LogP contribution in [0.5, 0.6) is 0 Å². The summed E-state index contributed by atoms with van der Waals surface area (Å²) in [6.07, 6.45) is 6.82. The van der Waals surface area contributed by atoms with Gasteiger partial charge in [-0.1, -0.05) is 6.92 Å². The predicted octanol–water partition coefficient (Wildman–Crippen LogP) is 2.12. The molecule has 2 rings (SSSR count). The molecule has 2 aromatic rings. The molecule has 86 valence electrons. The second kappa shape index (κ2) is 5.23. The Morgan fingerprint density at radius 2 is 2.44 bits per heavy atom. The molecule has 0 aliphatic rings. The first-order valence-electron chi connectivity index (χ1n) is 5.40. The lowest BCUT2D eigenvalue weighted by molar-refractivity contribution is 0.516. The Balaban J connectivity index is 1.93. The first kappa shape index (κ1) is 11.3. The van der Waals surface area contributed by atoms with Gasteiger partial charge in [0.25, 0.3) is 0 Å². The molecule has 0 bridgehead atoms. The lowest BCUT2D eigenvalue weighted by atomic mass is 10.2. The zero-order valence-electron chi connectivity index (χ0n) is 9.55. The van der Waals surface area contributed by atoms with Gasteiger partial charge in [0.2, 0.25) is 0 Å². The molecule has 0 aromatic carbocycles. The third-order valence-corrected chi connectivity index (χ3v) is 3.36. The van der Waals surface area contributed by atoms with Crippen molar-refractivity contribution in [2.24, 2.45) is 7.05 Å². The second-order valence-corrected chi connectivity index (χ2v) is 4.66. The molecular weight excluding hydrogens is 220 g/mol. The fourth-order valence-corrected chi connectivity index (χ4v) is 2.41. The van der Waals surface area contributed by atoms with E-state index in [0.29, 0.717) is 6.04 Å². The number of aryl methyl sites for hydroxylation is 1. The molecule has 2 heterocycles. The number of hydrogen-bond donors (Lipinski definition) is 1. The highest BCUT2D eigenvalue weighted by Gasteiger charge is 2.11. The molecule has 16 heavy (non-hydrogen) atoms. The Labute approximate surface area is 99.3 Å². The predicted molar refractivity (Wildman–Crippen MR) is 65.2 cm³/mol. The van der Waals surface area contributed by atoms with Crippen LogP contribution in [0.4, 0.5) is 0 Å². The molecule has 4 nitrogen and oxygen atoms in total. The van der Waals surface area contributed by atoms with Crippen molar-refractivity contribution in [2.45, 2.75) is 25.9 Å². The van der Waals surface area contributed by atoms with E-state index in [1.54, 1.807) is 11.3 Å². The van der Waals surface area contributed by atoms with Crippen LogP contribution in [0, 0.1) is 0 Å². The maximum atomic E-state index is 4.34. The van der Waals surface area contributed by atoms with Crippen molar-refractivity contribution in [3.05, 3.63) is 34.5 Å². The van der Waals surface area contributed by atoms with Crippen LogP contribution >= 0.6 is 11.3 Å². The van der Waals surface area contributed by atoms with Crippen LogP contribution in [-0.4, -0.2) is 14.8 Å². The van der Waals surface area contributed by atoms with E-state index in [1.807, 2.05) is 35.7 Å². The number of nitrogens with zero attached hydrogens (tertiary/aromatic N) is 3. The van der Waals surface area contributed by atoms with Crippen LogP contribution in [-0.2, 0) is 13.6 Å². The summed E-state index contributed by atoms with van der Waals surface area (Å²) in [5.41, 5.74) is 1.21. The van der Waals surface area contributed by atoms with E-state index in [1.165, 1.54) is 5.56 Å². The maximum absolute atomic E-state index is 4.34. The summed E-state index contributed by atoms with van der Waals surface area (Å²) in [4.78, 5) is 4.34. The highest BCUT2D eigenvalue weighted by atomic mass is 32.1. The zero-order chi connectivity index (χ0) is 11.4. The minimum Gasteiger partial charge on any atom is -0.304 e. The van der Waals surface area contributed by atoms with Crippen LogP contribution in [0.15, 0.2) is 24.0 Å². The monoisotopic (exact) mass is 236 g/mol. The molecule has 0 spiro atoms. The standard InChI is InChI=1S/C11H16N4S/c1-3-10(11-12-4-5-16-11)13-6-9-7-14-15(2)8-9/h4-5,7-8,10,13H,3,6H2,1-2H3. The Morgan fingerprint density at radius 3 is 3.00 bits per heavy atom. The van der Waals surface area contributed by atoms with Gasteiger partial charge in [-0.2, -0.15) is 5.10 Å². The Kier molecular flexibility index (Phi) is 3.69. The number of nitrogens with one attached hydrogen (secondary N) is 1. The molecule has 0 radical (unpaired) electrons. The first-order chi connectivity index (χ1) is 7.79. The normalized spacial score (nSPS) is 12.9. The van der Waals surface area contributed by atoms with Gasteiger partial charge < -0.3 is 5.32 Å². The van der Waals surface area contributed by atoms with Crippen LogP contribution in [0.1, 0.15) is 30.0 Å². The van der Waals surface area contributed by atoms with Crippen LogP contribution in [0.2, 0.25) is 0 Å². The van der Waals surface area contributed by atoms with Crippen molar-refractivity contribution in [3.8, 4) is 0 Å².